The molecule has 0 radical (unpaired) electrons. The summed E-state index contributed by atoms with van der Waals surface area (Å²) in [6, 6.07) is 7.13. The largest absolute Gasteiger partial charge is 0.379 e. The summed E-state index contributed by atoms with van der Waals surface area (Å²) < 4.78 is 19.5. The number of pyridine rings is 1. The van der Waals surface area contributed by atoms with Gasteiger partial charge in [0.2, 0.25) is 5.91 Å². The smallest absolute Gasteiger partial charge is 0.234 e. The lowest BCUT2D eigenvalue weighted by atomic mass is 9.94. The minimum absolute atomic E-state index is 0.0616. The van der Waals surface area contributed by atoms with Crippen LogP contribution in [0.15, 0.2) is 30.5 Å². The first-order valence-corrected chi connectivity index (χ1v) is 9.98. The van der Waals surface area contributed by atoms with Crippen LogP contribution in [0.3, 0.4) is 0 Å². The summed E-state index contributed by atoms with van der Waals surface area (Å²) in [6.07, 6.45) is 2.56. The third-order valence-corrected chi connectivity index (χ3v) is 5.53. The third kappa shape index (κ3) is 4.25. The summed E-state index contributed by atoms with van der Waals surface area (Å²) in [5.74, 6) is 0.186. The van der Waals surface area contributed by atoms with E-state index >= 15 is 0 Å². The van der Waals surface area contributed by atoms with Crippen LogP contribution < -0.4 is 10.2 Å². The fourth-order valence-corrected chi connectivity index (χ4v) is 4.29. The number of halogens is 1. The van der Waals surface area contributed by atoms with Crippen molar-refractivity contribution in [1.82, 2.24) is 15.2 Å². The molecule has 0 aliphatic carbocycles. The van der Waals surface area contributed by atoms with Gasteiger partial charge in [0.1, 0.15) is 11.3 Å². The maximum atomic E-state index is 14.1. The Morgan fingerprint density at radius 1 is 1.29 bits per heavy atom. The minimum atomic E-state index is -0.306. The van der Waals surface area contributed by atoms with Gasteiger partial charge in [0, 0.05) is 49.5 Å². The Balaban J connectivity index is 1.46. The summed E-state index contributed by atoms with van der Waals surface area (Å²) in [7, 11) is 0. The third-order valence-electron chi connectivity index (χ3n) is 5.53. The van der Waals surface area contributed by atoms with Gasteiger partial charge in [-0.2, -0.15) is 0 Å². The Morgan fingerprint density at radius 2 is 2.11 bits per heavy atom. The quantitative estimate of drug-likeness (QED) is 0.872. The van der Waals surface area contributed by atoms with Gasteiger partial charge in [0.05, 0.1) is 19.8 Å². The zero-order valence-corrected chi connectivity index (χ0v) is 16.2. The van der Waals surface area contributed by atoms with Gasteiger partial charge < -0.3 is 15.0 Å². The molecule has 2 aromatic rings. The van der Waals surface area contributed by atoms with Crippen molar-refractivity contribution in [1.29, 1.82) is 0 Å². The molecule has 6 nitrogen and oxygen atoms in total. The highest BCUT2D eigenvalue weighted by Crippen LogP contribution is 2.30. The normalized spacial score (nSPS) is 23.7. The van der Waals surface area contributed by atoms with E-state index in [1.54, 1.807) is 6.20 Å². The highest BCUT2D eigenvalue weighted by atomic mass is 19.1. The zero-order valence-electron chi connectivity index (χ0n) is 16.2. The van der Waals surface area contributed by atoms with Gasteiger partial charge in [-0.1, -0.05) is 6.92 Å². The lowest BCUT2D eigenvalue weighted by Gasteiger charge is -2.39. The topological polar surface area (TPSA) is 57.7 Å². The summed E-state index contributed by atoms with van der Waals surface area (Å²) in [5, 5.41) is 4.02. The Bertz CT molecular complexity index is 840. The molecule has 0 saturated carbocycles. The average molecular weight is 386 g/mol. The number of aromatic nitrogens is 1. The number of hydrogen-bond acceptors (Lipinski definition) is 5. The maximum Gasteiger partial charge on any atom is 0.234 e. The molecule has 4 rings (SSSR count). The molecule has 2 atom stereocenters. The summed E-state index contributed by atoms with van der Waals surface area (Å²) in [5.41, 5.74) is 1.37. The van der Waals surface area contributed by atoms with Gasteiger partial charge in [-0.05, 0) is 36.6 Å². The van der Waals surface area contributed by atoms with E-state index < -0.39 is 0 Å². The van der Waals surface area contributed by atoms with Crippen LogP contribution in [0, 0.1) is 11.7 Å². The van der Waals surface area contributed by atoms with Crippen molar-refractivity contribution < 1.29 is 13.9 Å². The van der Waals surface area contributed by atoms with E-state index in [-0.39, 0.29) is 17.8 Å². The first-order valence-electron chi connectivity index (χ1n) is 9.98. The van der Waals surface area contributed by atoms with Crippen molar-refractivity contribution >= 4 is 22.5 Å². The SMILES string of the molecule is CC1C[C@@H](NC(=O)CN2CCOCC2)CN(c2ccc(F)c3ncccc23)C1. The van der Waals surface area contributed by atoms with Gasteiger partial charge in [-0.25, -0.2) is 4.39 Å². The van der Waals surface area contributed by atoms with Crippen molar-refractivity contribution in [2.45, 2.75) is 19.4 Å². The monoisotopic (exact) mass is 386 g/mol. The number of hydrogen-bond donors (Lipinski definition) is 1. The van der Waals surface area contributed by atoms with E-state index in [4.69, 9.17) is 4.74 Å². The van der Waals surface area contributed by atoms with Gasteiger partial charge in [0.25, 0.3) is 0 Å². The Hall–Kier alpha value is -2.25. The molecule has 2 aliphatic heterocycles. The molecule has 150 valence electrons. The summed E-state index contributed by atoms with van der Waals surface area (Å²) in [4.78, 5) is 21.1. The second-order valence-electron chi connectivity index (χ2n) is 7.86. The first-order chi connectivity index (χ1) is 13.6. The number of morpholine rings is 1. The van der Waals surface area contributed by atoms with Crippen LogP contribution in [0.2, 0.25) is 0 Å². The molecule has 2 fully saturated rings. The predicted molar refractivity (Wildman–Crippen MR) is 107 cm³/mol. The van der Waals surface area contributed by atoms with Crippen molar-refractivity contribution in [2.24, 2.45) is 5.92 Å². The van der Waals surface area contributed by atoms with Crippen molar-refractivity contribution in [3.05, 3.63) is 36.3 Å². The second-order valence-corrected chi connectivity index (χ2v) is 7.86. The molecule has 1 aromatic carbocycles. The number of amides is 1. The maximum absolute atomic E-state index is 14.1. The molecule has 1 amide bonds. The van der Waals surface area contributed by atoms with E-state index in [0.717, 1.165) is 43.7 Å². The summed E-state index contributed by atoms with van der Waals surface area (Å²) in [6.45, 7) is 7.18. The molecule has 28 heavy (non-hydrogen) atoms. The Kier molecular flexibility index (Phi) is 5.73. The molecule has 3 heterocycles. The zero-order chi connectivity index (χ0) is 19.5. The summed E-state index contributed by atoms with van der Waals surface area (Å²) >= 11 is 0. The minimum Gasteiger partial charge on any atom is -0.379 e. The van der Waals surface area contributed by atoms with Crippen molar-refractivity contribution in [3.8, 4) is 0 Å². The molecule has 0 bridgehead atoms. The van der Waals surface area contributed by atoms with Gasteiger partial charge in [-0.3, -0.25) is 14.7 Å². The van der Waals surface area contributed by atoms with Crippen LogP contribution in [-0.4, -0.2) is 67.8 Å². The molecular weight excluding hydrogens is 359 g/mol. The van der Waals surface area contributed by atoms with Crippen LogP contribution in [0.1, 0.15) is 13.3 Å². The number of carbonyl (C=O) groups excluding carboxylic acids is 1. The lowest BCUT2D eigenvalue weighted by Crippen LogP contribution is -2.53. The number of fused-ring (bicyclic) bond motifs is 1. The Labute approximate surface area is 164 Å². The molecule has 0 spiro atoms. The number of carbonyl (C=O) groups is 1. The molecule has 1 N–H and O–H groups in total. The fourth-order valence-electron chi connectivity index (χ4n) is 4.29. The molecular formula is C21H27FN4O2. The number of piperidine rings is 1. The molecule has 2 aliphatic rings. The number of ether oxygens (including phenoxy) is 1. The predicted octanol–water partition coefficient (Wildman–Crippen LogP) is 2.04. The van der Waals surface area contributed by atoms with Crippen LogP contribution in [0.5, 0.6) is 0 Å². The van der Waals surface area contributed by atoms with Crippen molar-refractivity contribution in [3.63, 3.8) is 0 Å². The van der Waals surface area contributed by atoms with Crippen LogP contribution in [0.25, 0.3) is 10.9 Å². The van der Waals surface area contributed by atoms with Crippen LogP contribution in [-0.2, 0) is 9.53 Å². The number of benzene rings is 1. The van der Waals surface area contributed by atoms with E-state index in [2.05, 4.69) is 27.0 Å². The van der Waals surface area contributed by atoms with Gasteiger partial charge >= 0.3 is 0 Å². The number of rotatable bonds is 4. The Morgan fingerprint density at radius 3 is 2.93 bits per heavy atom. The van der Waals surface area contributed by atoms with Gasteiger partial charge in [-0.15, -0.1) is 0 Å². The van der Waals surface area contributed by atoms with Crippen LogP contribution in [0.4, 0.5) is 10.1 Å². The number of nitrogens with one attached hydrogen (secondary N) is 1. The first kappa shape index (κ1) is 19.1. The van der Waals surface area contributed by atoms with Crippen LogP contribution >= 0.6 is 0 Å². The molecule has 2 saturated heterocycles. The number of nitrogens with zero attached hydrogens (tertiary/aromatic N) is 3. The van der Waals surface area contributed by atoms with E-state index in [1.807, 2.05) is 18.2 Å². The molecule has 1 aromatic heterocycles. The van der Waals surface area contributed by atoms with E-state index in [9.17, 15) is 9.18 Å². The van der Waals surface area contributed by atoms with E-state index in [1.165, 1.54) is 6.07 Å². The highest BCUT2D eigenvalue weighted by Gasteiger charge is 2.28. The van der Waals surface area contributed by atoms with E-state index in [0.29, 0.717) is 31.2 Å². The lowest BCUT2D eigenvalue weighted by molar-refractivity contribution is -0.124. The average Bonchev–Trinajstić information content (AvgIpc) is 2.68. The van der Waals surface area contributed by atoms with Gasteiger partial charge in [0.15, 0.2) is 0 Å². The molecule has 7 heteroatoms. The molecule has 1 unspecified atom stereocenters. The standard InChI is InChI=1S/C21H27FN4O2/c1-15-11-16(24-20(27)14-25-7-9-28-10-8-25)13-26(12-15)19-5-4-18(22)21-17(19)3-2-6-23-21/h2-6,15-16H,7-14H2,1H3,(H,24,27)/t15?,16-/m1/s1. The second kappa shape index (κ2) is 8.41. The van der Waals surface area contributed by atoms with Crippen molar-refractivity contribution in [2.75, 3.05) is 50.8 Å². The fraction of sp³-hybridized carbons (Fsp3) is 0.524. The number of anilines is 1. The highest BCUT2D eigenvalue weighted by molar-refractivity contribution is 5.92.